The molecule has 0 bridgehead atoms. The lowest BCUT2D eigenvalue weighted by Gasteiger charge is -2.40. The second-order valence-electron chi connectivity index (χ2n) is 6.54. The topological polar surface area (TPSA) is 29.3 Å². The molecular weight excluding hydrogens is 244 g/mol. The summed E-state index contributed by atoms with van der Waals surface area (Å²) in [6.45, 7) is 5.51. The van der Waals surface area contributed by atoms with Gasteiger partial charge < -0.3 is 5.73 Å². The monoisotopic (exact) mass is 274 g/mol. The van der Waals surface area contributed by atoms with Crippen LogP contribution >= 0.6 is 0 Å². The van der Waals surface area contributed by atoms with E-state index in [2.05, 4.69) is 50.1 Å². The normalized spacial score (nSPS) is 26.9. The van der Waals surface area contributed by atoms with Gasteiger partial charge in [-0.3, -0.25) is 4.90 Å². The van der Waals surface area contributed by atoms with Gasteiger partial charge in [0.05, 0.1) is 0 Å². The Morgan fingerprint density at radius 1 is 1.25 bits per heavy atom. The van der Waals surface area contributed by atoms with E-state index in [0.29, 0.717) is 12.1 Å². The molecule has 0 amide bonds. The number of aryl methyl sites for hydroxylation is 1. The van der Waals surface area contributed by atoms with Crippen molar-refractivity contribution in [1.82, 2.24) is 4.90 Å². The number of likely N-dealkylation sites (N-methyl/N-ethyl adjacent to an activating group) is 1. The molecule has 1 aliphatic carbocycles. The van der Waals surface area contributed by atoms with E-state index >= 15 is 0 Å². The summed E-state index contributed by atoms with van der Waals surface area (Å²) in [7, 11) is 2.24. The zero-order chi connectivity index (χ0) is 14.5. The molecule has 0 heterocycles. The van der Waals surface area contributed by atoms with Crippen molar-refractivity contribution >= 4 is 0 Å². The lowest BCUT2D eigenvalue weighted by atomic mass is 9.80. The van der Waals surface area contributed by atoms with Gasteiger partial charge >= 0.3 is 0 Å². The zero-order valence-electron chi connectivity index (χ0n) is 13.3. The fourth-order valence-electron chi connectivity index (χ4n) is 3.61. The minimum absolute atomic E-state index is 0.345. The summed E-state index contributed by atoms with van der Waals surface area (Å²) in [5.41, 5.74) is 9.20. The van der Waals surface area contributed by atoms with Crippen molar-refractivity contribution in [2.24, 2.45) is 11.7 Å². The average molecular weight is 274 g/mol. The van der Waals surface area contributed by atoms with Crippen molar-refractivity contribution in [3.8, 4) is 0 Å². The van der Waals surface area contributed by atoms with Crippen LogP contribution in [-0.2, 0) is 6.54 Å². The number of hydrogen-bond donors (Lipinski definition) is 1. The molecule has 112 valence electrons. The smallest absolute Gasteiger partial charge is 0.0250 e. The van der Waals surface area contributed by atoms with Gasteiger partial charge in [-0.15, -0.1) is 0 Å². The van der Waals surface area contributed by atoms with Gasteiger partial charge in [0.2, 0.25) is 0 Å². The van der Waals surface area contributed by atoms with Crippen molar-refractivity contribution in [2.45, 2.75) is 64.6 Å². The Balaban J connectivity index is 1.99. The van der Waals surface area contributed by atoms with E-state index in [1.165, 1.54) is 43.2 Å². The molecule has 3 atom stereocenters. The molecule has 2 rings (SSSR count). The molecule has 1 aromatic rings. The van der Waals surface area contributed by atoms with Gasteiger partial charge in [0.1, 0.15) is 0 Å². The number of hydrogen-bond acceptors (Lipinski definition) is 2. The summed E-state index contributed by atoms with van der Waals surface area (Å²) in [4.78, 5) is 2.48. The van der Waals surface area contributed by atoms with Crippen molar-refractivity contribution in [3.05, 3.63) is 35.4 Å². The van der Waals surface area contributed by atoms with Crippen molar-refractivity contribution in [3.63, 3.8) is 0 Å². The van der Waals surface area contributed by atoms with Gasteiger partial charge in [-0.1, -0.05) is 44.0 Å². The summed E-state index contributed by atoms with van der Waals surface area (Å²) in [5.74, 6) is 0.879. The lowest BCUT2D eigenvalue weighted by Crippen LogP contribution is -2.49. The Hall–Kier alpha value is -0.860. The second kappa shape index (κ2) is 7.24. The highest BCUT2D eigenvalue weighted by molar-refractivity contribution is 5.25. The molecule has 2 nitrogen and oxygen atoms in total. The lowest BCUT2D eigenvalue weighted by molar-refractivity contribution is 0.127. The zero-order valence-corrected chi connectivity index (χ0v) is 13.3. The predicted octanol–water partition coefficient (Wildman–Crippen LogP) is 3.72. The van der Waals surface area contributed by atoms with Crippen LogP contribution in [0.4, 0.5) is 0 Å². The Kier molecular flexibility index (Phi) is 5.62. The largest absolute Gasteiger partial charge is 0.326 e. The van der Waals surface area contributed by atoms with Gasteiger partial charge in [0, 0.05) is 18.6 Å². The third-order valence-electron chi connectivity index (χ3n) is 4.92. The molecule has 2 heteroatoms. The number of benzene rings is 1. The first kappa shape index (κ1) is 15.5. The van der Waals surface area contributed by atoms with Crippen LogP contribution in [0.1, 0.15) is 50.2 Å². The van der Waals surface area contributed by atoms with E-state index in [9.17, 15) is 0 Å². The van der Waals surface area contributed by atoms with Crippen molar-refractivity contribution < 1.29 is 0 Å². The number of nitrogens with zero attached hydrogens (tertiary/aromatic N) is 1. The Morgan fingerprint density at radius 2 is 2.00 bits per heavy atom. The van der Waals surface area contributed by atoms with E-state index in [4.69, 9.17) is 5.73 Å². The maximum absolute atomic E-state index is 6.39. The van der Waals surface area contributed by atoms with E-state index < -0.39 is 0 Å². The van der Waals surface area contributed by atoms with Gasteiger partial charge in [-0.25, -0.2) is 0 Å². The third kappa shape index (κ3) is 3.83. The molecule has 0 aromatic heterocycles. The van der Waals surface area contributed by atoms with E-state index in [-0.39, 0.29) is 0 Å². The predicted molar refractivity (Wildman–Crippen MR) is 86.7 cm³/mol. The first-order valence-corrected chi connectivity index (χ1v) is 8.12. The van der Waals surface area contributed by atoms with Gasteiger partial charge in [0.15, 0.2) is 0 Å². The van der Waals surface area contributed by atoms with Crippen LogP contribution in [0.3, 0.4) is 0 Å². The third-order valence-corrected chi connectivity index (χ3v) is 4.92. The first-order chi connectivity index (χ1) is 9.61. The quantitative estimate of drug-likeness (QED) is 0.886. The Labute approximate surface area is 124 Å². The van der Waals surface area contributed by atoms with Gasteiger partial charge in [-0.05, 0) is 50.3 Å². The number of rotatable bonds is 5. The van der Waals surface area contributed by atoms with Crippen LogP contribution in [0, 0.1) is 12.8 Å². The highest BCUT2D eigenvalue weighted by Crippen LogP contribution is 2.30. The summed E-state index contributed by atoms with van der Waals surface area (Å²) >= 11 is 0. The molecule has 2 N–H and O–H groups in total. The fourth-order valence-corrected chi connectivity index (χ4v) is 3.61. The van der Waals surface area contributed by atoms with E-state index in [0.717, 1.165) is 12.5 Å². The van der Waals surface area contributed by atoms with Crippen molar-refractivity contribution in [1.29, 1.82) is 0 Å². The fraction of sp³-hybridized carbons (Fsp3) is 0.667. The summed E-state index contributed by atoms with van der Waals surface area (Å²) in [5, 5.41) is 0. The van der Waals surface area contributed by atoms with E-state index in [1.807, 2.05) is 0 Å². The van der Waals surface area contributed by atoms with Crippen LogP contribution in [0.15, 0.2) is 24.3 Å². The molecule has 20 heavy (non-hydrogen) atoms. The highest BCUT2D eigenvalue weighted by Gasteiger charge is 2.30. The highest BCUT2D eigenvalue weighted by atomic mass is 15.1. The first-order valence-electron chi connectivity index (χ1n) is 8.12. The van der Waals surface area contributed by atoms with Crippen LogP contribution in [-0.4, -0.2) is 24.0 Å². The minimum atomic E-state index is 0.345. The molecule has 1 fully saturated rings. The summed E-state index contributed by atoms with van der Waals surface area (Å²) in [6, 6.07) is 9.57. The van der Waals surface area contributed by atoms with Crippen LogP contribution in [0.25, 0.3) is 0 Å². The molecule has 1 aromatic carbocycles. The Bertz CT molecular complexity index is 416. The van der Waals surface area contributed by atoms with Crippen molar-refractivity contribution in [2.75, 3.05) is 7.05 Å². The molecule has 0 spiro atoms. The molecule has 0 radical (unpaired) electrons. The maximum Gasteiger partial charge on any atom is 0.0250 e. The minimum Gasteiger partial charge on any atom is -0.326 e. The summed E-state index contributed by atoms with van der Waals surface area (Å²) in [6.07, 6.45) is 6.45. The molecule has 1 saturated carbocycles. The van der Waals surface area contributed by atoms with E-state index in [1.54, 1.807) is 0 Å². The van der Waals surface area contributed by atoms with Crippen LogP contribution in [0.5, 0.6) is 0 Å². The second-order valence-corrected chi connectivity index (χ2v) is 6.54. The molecule has 0 aliphatic heterocycles. The van der Waals surface area contributed by atoms with Gasteiger partial charge in [0.25, 0.3) is 0 Å². The van der Waals surface area contributed by atoms with Gasteiger partial charge in [-0.2, -0.15) is 0 Å². The molecule has 1 aliphatic rings. The molecular formula is C18H30N2. The number of nitrogens with two attached hydrogens (primary N) is 1. The Morgan fingerprint density at radius 3 is 2.70 bits per heavy atom. The van der Waals surface area contributed by atoms with Crippen LogP contribution < -0.4 is 5.73 Å². The SMILES string of the molecule is CCCC1CCC(N)C(N(C)Cc2ccccc2C)C1. The summed E-state index contributed by atoms with van der Waals surface area (Å²) < 4.78 is 0. The molecule has 0 saturated heterocycles. The van der Waals surface area contributed by atoms with Crippen LogP contribution in [0.2, 0.25) is 0 Å². The maximum atomic E-state index is 6.39. The standard InChI is InChI=1S/C18H30N2/c1-4-7-15-10-11-17(19)18(12-15)20(3)13-16-9-6-5-8-14(16)2/h5-6,8-9,15,17-18H,4,7,10-13,19H2,1-3H3. The average Bonchev–Trinajstić information content (AvgIpc) is 2.43. The molecule has 3 unspecified atom stereocenters.